The monoisotopic (exact) mass is 147 g/mol. The van der Waals surface area contributed by atoms with Crippen LogP contribution in [0.15, 0.2) is 12.2 Å². The van der Waals surface area contributed by atoms with Crippen LogP contribution in [-0.2, 0) is 4.79 Å². The van der Waals surface area contributed by atoms with Crippen molar-refractivity contribution in [2.75, 3.05) is 19.6 Å². The minimum atomic E-state index is -1.13. The number of aliphatic carboxylic acids is 1. The summed E-state index contributed by atoms with van der Waals surface area (Å²) in [5.74, 6) is -1.13. The van der Waals surface area contributed by atoms with E-state index in [4.69, 9.17) is 0 Å². The number of hydrogen-bond acceptors (Lipinski definition) is 3. The maximum Gasteiger partial charge on any atom is 1.00 e. The van der Waals surface area contributed by atoms with E-state index >= 15 is 0 Å². The standard InChI is InChI=1S/C7H11NO2.Li/c1-6(7(9)10)5-8-3-2-4-8;/h1-5H2,(H,9,10);/q;+1/p-1. The van der Waals surface area contributed by atoms with Crippen LogP contribution in [0.25, 0.3) is 0 Å². The molecule has 0 saturated carbocycles. The van der Waals surface area contributed by atoms with Gasteiger partial charge in [0.05, 0.1) is 5.97 Å². The Balaban J connectivity index is 0.000001000. The fourth-order valence-corrected chi connectivity index (χ4v) is 0.874. The Bertz CT molecular complexity index is 166. The first kappa shape index (κ1) is 10.8. The number of hydrogen-bond donors (Lipinski definition) is 0. The van der Waals surface area contributed by atoms with Crippen molar-refractivity contribution in [3.05, 3.63) is 12.2 Å². The van der Waals surface area contributed by atoms with Gasteiger partial charge in [-0.2, -0.15) is 0 Å². The first-order chi connectivity index (χ1) is 4.70. The van der Waals surface area contributed by atoms with E-state index in [0.29, 0.717) is 6.54 Å². The zero-order chi connectivity index (χ0) is 7.56. The van der Waals surface area contributed by atoms with Crippen LogP contribution in [0.3, 0.4) is 0 Å². The molecule has 1 rings (SSSR count). The van der Waals surface area contributed by atoms with E-state index in [1.165, 1.54) is 6.42 Å². The minimum Gasteiger partial charge on any atom is -0.545 e. The molecule has 0 unspecified atom stereocenters. The molecule has 1 aliphatic rings. The van der Waals surface area contributed by atoms with Gasteiger partial charge in [0.2, 0.25) is 0 Å². The fraction of sp³-hybridized carbons (Fsp3) is 0.571. The second kappa shape index (κ2) is 4.61. The van der Waals surface area contributed by atoms with Crippen LogP contribution in [0, 0.1) is 0 Å². The summed E-state index contributed by atoms with van der Waals surface area (Å²) in [4.78, 5) is 12.2. The van der Waals surface area contributed by atoms with Gasteiger partial charge in [0.15, 0.2) is 0 Å². The summed E-state index contributed by atoms with van der Waals surface area (Å²) in [7, 11) is 0. The van der Waals surface area contributed by atoms with E-state index in [0.717, 1.165) is 13.1 Å². The Hall–Kier alpha value is -0.233. The topological polar surface area (TPSA) is 43.4 Å². The molecule has 4 heteroatoms. The van der Waals surface area contributed by atoms with E-state index in [2.05, 4.69) is 6.58 Å². The predicted molar refractivity (Wildman–Crippen MR) is 35.2 cm³/mol. The van der Waals surface area contributed by atoms with Crippen molar-refractivity contribution in [2.45, 2.75) is 6.42 Å². The Kier molecular flexibility index (Phi) is 4.51. The Labute approximate surface area is 78.2 Å². The largest absolute Gasteiger partial charge is 1.00 e. The fourth-order valence-electron chi connectivity index (χ4n) is 0.874. The van der Waals surface area contributed by atoms with Crippen molar-refractivity contribution >= 4 is 5.97 Å². The summed E-state index contributed by atoms with van der Waals surface area (Å²) in [5, 5.41) is 10.1. The average Bonchev–Trinajstić information content (AvgIpc) is 1.77. The van der Waals surface area contributed by atoms with Gasteiger partial charge in [-0.05, 0) is 25.1 Å². The van der Waals surface area contributed by atoms with Crippen LogP contribution in [-0.4, -0.2) is 30.5 Å². The molecule has 0 aromatic carbocycles. The normalized spacial score (nSPS) is 16.4. The molecule has 0 atom stereocenters. The van der Waals surface area contributed by atoms with Crippen LogP contribution in [0.4, 0.5) is 0 Å². The van der Waals surface area contributed by atoms with Gasteiger partial charge in [0.1, 0.15) is 0 Å². The maximum atomic E-state index is 10.1. The molecule has 0 radical (unpaired) electrons. The first-order valence-corrected chi connectivity index (χ1v) is 3.31. The van der Waals surface area contributed by atoms with Crippen molar-refractivity contribution in [1.29, 1.82) is 0 Å². The van der Waals surface area contributed by atoms with Crippen molar-refractivity contribution in [1.82, 2.24) is 4.90 Å². The molecule has 3 nitrogen and oxygen atoms in total. The molecule has 56 valence electrons. The molecule has 1 heterocycles. The van der Waals surface area contributed by atoms with E-state index in [-0.39, 0.29) is 24.4 Å². The molecule has 0 N–H and O–H groups in total. The van der Waals surface area contributed by atoms with Crippen LogP contribution in [0.5, 0.6) is 0 Å². The second-order valence-electron chi connectivity index (χ2n) is 2.52. The van der Waals surface area contributed by atoms with Gasteiger partial charge >= 0.3 is 18.9 Å². The first-order valence-electron chi connectivity index (χ1n) is 3.31. The summed E-state index contributed by atoms with van der Waals surface area (Å²) in [5.41, 5.74) is 0.180. The molecule has 1 aliphatic heterocycles. The molecular formula is C7H10LiNO2. The van der Waals surface area contributed by atoms with Gasteiger partial charge in [-0.1, -0.05) is 6.58 Å². The zero-order valence-electron chi connectivity index (χ0n) is 6.80. The Morgan fingerprint density at radius 2 is 2.09 bits per heavy atom. The van der Waals surface area contributed by atoms with Gasteiger partial charge in [-0.15, -0.1) is 0 Å². The zero-order valence-corrected chi connectivity index (χ0v) is 6.80. The SMILES string of the molecule is C=C(CN1CCC1)C(=O)[O-].[Li+]. The number of carboxylic acids is 1. The predicted octanol–water partition coefficient (Wildman–Crippen LogP) is -4.00. The van der Waals surface area contributed by atoms with Crippen molar-refractivity contribution in [3.63, 3.8) is 0 Å². The van der Waals surface area contributed by atoms with E-state index in [1.54, 1.807) is 0 Å². The maximum absolute atomic E-state index is 10.1. The number of nitrogens with zero attached hydrogens (tertiary/aromatic N) is 1. The molecule has 11 heavy (non-hydrogen) atoms. The molecule has 0 bridgehead atoms. The Morgan fingerprint density at radius 1 is 1.55 bits per heavy atom. The summed E-state index contributed by atoms with van der Waals surface area (Å²) >= 11 is 0. The summed E-state index contributed by atoms with van der Waals surface area (Å²) in [6.07, 6.45) is 1.17. The summed E-state index contributed by atoms with van der Waals surface area (Å²) in [6.45, 7) is 5.82. The number of rotatable bonds is 3. The van der Waals surface area contributed by atoms with Gasteiger partial charge in [-0.3, -0.25) is 4.90 Å². The number of carbonyl (C=O) groups excluding carboxylic acids is 1. The molecular weight excluding hydrogens is 137 g/mol. The molecule has 1 fully saturated rings. The van der Waals surface area contributed by atoms with Gasteiger partial charge in [0.25, 0.3) is 0 Å². The third-order valence-electron chi connectivity index (χ3n) is 1.65. The van der Waals surface area contributed by atoms with E-state index in [1.807, 2.05) is 4.90 Å². The molecule has 1 saturated heterocycles. The molecule has 0 spiro atoms. The van der Waals surface area contributed by atoms with Gasteiger partial charge in [0, 0.05) is 6.54 Å². The third kappa shape index (κ3) is 3.11. The second-order valence-corrected chi connectivity index (χ2v) is 2.52. The van der Waals surface area contributed by atoms with Crippen molar-refractivity contribution in [2.24, 2.45) is 0 Å². The molecule has 0 amide bonds. The number of carbonyl (C=O) groups is 1. The summed E-state index contributed by atoms with van der Waals surface area (Å²) in [6, 6.07) is 0. The number of likely N-dealkylation sites (tertiary alicyclic amines) is 1. The van der Waals surface area contributed by atoms with Crippen LogP contribution < -0.4 is 24.0 Å². The third-order valence-corrected chi connectivity index (χ3v) is 1.65. The van der Waals surface area contributed by atoms with Crippen molar-refractivity contribution < 1.29 is 28.8 Å². The molecule has 0 aromatic heterocycles. The minimum absolute atomic E-state index is 0. The quantitative estimate of drug-likeness (QED) is 0.302. The number of carboxylic acid groups (broad SMARTS) is 1. The van der Waals surface area contributed by atoms with E-state index < -0.39 is 5.97 Å². The molecule has 0 aromatic rings. The van der Waals surface area contributed by atoms with Crippen molar-refractivity contribution in [3.8, 4) is 0 Å². The average molecular weight is 147 g/mol. The summed E-state index contributed by atoms with van der Waals surface area (Å²) < 4.78 is 0. The Morgan fingerprint density at radius 3 is 2.36 bits per heavy atom. The van der Waals surface area contributed by atoms with Crippen LogP contribution in [0.2, 0.25) is 0 Å². The van der Waals surface area contributed by atoms with E-state index in [9.17, 15) is 9.90 Å². The van der Waals surface area contributed by atoms with Gasteiger partial charge < -0.3 is 9.90 Å². The van der Waals surface area contributed by atoms with Gasteiger partial charge in [-0.25, -0.2) is 0 Å². The van der Waals surface area contributed by atoms with Crippen LogP contribution in [0.1, 0.15) is 6.42 Å². The van der Waals surface area contributed by atoms with Crippen LogP contribution >= 0.6 is 0 Å². The molecule has 0 aliphatic carbocycles. The smallest absolute Gasteiger partial charge is 0.545 e.